The molecule has 17 heavy (non-hydrogen) atoms. The highest BCUT2D eigenvalue weighted by molar-refractivity contribution is 7.99. The molecule has 0 heterocycles. The van der Waals surface area contributed by atoms with Crippen molar-refractivity contribution in [3.05, 3.63) is 34.9 Å². The Kier molecular flexibility index (Phi) is 4.52. The van der Waals surface area contributed by atoms with Crippen LogP contribution in [-0.2, 0) is 12.8 Å². The van der Waals surface area contributed by atoms with Gasteiger partial charge in [-0.05, 0) is 48.3 Å². The van der Waals surface area contributed by atoms with Gasteiger partial charge >= 0.3 is 0 Å². The van der Waals surface area contributed by atoms with E-state index in [1.54, 1.807) is 11.1 Å². The van der Waals surface area contributed by atoms with Crippen molar-refractivity contribution in [1.82, 2.24) is 5.32 Å². The summed E-state index contributed by atoms with van der Waals surface area (Å²) < 4.78 is 0. The van der Waals surface area contributed by atoms with Crippen LogP contribution in [0.5, 0.6) is 0 Å². The van der Waals surface area contributed by atoms with Gasteiger partial charge in [-0.25, -0.2) is 0 Å². The zero-order chi connectivity index (χ0) is 12.3. The van der Waals surface area contributed by atoms with E-state index in [-0.39, 0.29) is 0 Å². The zero-order valence-electron chi connectivity index (χ0n) is 11.1. The lowest BCUT2D eigenvalue weighted by atomic mass is 10.0. The molecule has 0 fully saturated rings. The maximum absolute atomic E-state index is 3.44. The normalized spacial score (nSPS) is 16.2. The molecule has 1 N–H and O–H groups in total. The van der Waals surface area contributed by atoms with Crippen molar-refractivity contribution in [1.29, 1.82) is 0 Å². The molecule has 1 atom stereocenters. The summed E-state index contributed by atoms with van der Waals surface area (Å²) in [6.07, 6.45) is 3.89. The molecule has 1 nitrogen and oxygen atoms in total. The van der Waals surface area contributed by atoms with E-state index in [2.05, 4.69) is 44.4 Å². The van der Waals surface area contributed by atoms with Gasteiger partial charge in [0.25, 0.3) is 0 Å². The summed E-state index contributed by atoms with van der Waals surface area (Å²) in [5, 5.41) is 4.15. The van der Waals surface area contributed by atoms with Crippen molar-refractivity contribution in [3.8, 4) is 0 Å². The zero-order valence-corrected chi connectivity index (χ0v) is 11.9. The summed E-state index contributed by atoms with van der Waals surface area (Å²) in [6.45, 7) is 4.53. The first-order valence-electron chi connectivity index (χ1n) is 6.61. The highest BCUT2D eigenvalue weighted by Crippen LogP contribution is 2.27. The average Bonchev–Trinajstić information content (AvgIpc) is 2.76. The lowest BCUT2D eigenvalue weighted by Crippen LogP contribution is -2.19. The van der Waals surface area contributed by atoms with Crippen molar-refractivity contribution in [2.45, 2.75) is 44.4 Å². The van der Waals surface area contributed by atoms with Crippen LogP contribution in [0.15, 0.2) is 18.2 Å². The molecular formula is C15H23NS. The monoisotopic (exact) mass is 249 g/mol. The fraction of sp³-hybridized carbons (Fsp3) is 0.600. The number of hydrogen-bond donors (Lipinski definition) is 1. The SMILES string of the molecule is CNC(CSC(C)C)c1ccc2c(c1)CCC2. The maximum Gasteiger partial charge on any atom is 0.0409 e. The average molecular weight is 249 g/mol. The van der Waals surface area contributed by atoms with Crippen LogP contribution in [0.3, 0.4) is 0 Å². The van der Waals surface area contributed by atoms with Gasteiger partial charge < -0.3 is 5.32 Å². The first-order chi connectivity index (χ1) is 8.20. The van der Waals surface area contributed by atoms with Gasteiger partial charge in [-0.15, -0.1) is 0 Å². The summed E-state index contributed by atoms with van der Waals surface area (Å²) in [4.78, 5) is 0. The van der Waals surface area contributed by atoms with Gasteiger partial charge in [-0.1, -0.05) is 32.0 Å². The number of nitrogens with one attached hydrogen (secondary N) is 1. The topological polar surface area (TPSA) is 12.0 Å². The Morgan fingerprint density at radius 2 is 2.00 bits per heavy atom. The predicted octanol–water partition coefficient (Wildman–Crippen LogP) is 3.58. The molecule has 0 spiro atoms. The summed E-state index contributed by atoms with van der Waals surface area (Å²) >= 11 is 2.03. The quantitative estimate of drug-likeness (QED) is 0.856. The van der Waals surface area contributed by atoms with Gasteiger partial charge in [-0.2, -0.15) is 11.8 Å². The predicted molar refractivity (Wildman–Crippen MR) is 77.9 cm³/mol. The Bertz CT molecular complexity index is 373. The van der Waals surface area contributed by atoms with E-state index in [9.17, 15) is 0 Å². The molecule has 1 aromatic rings. The molecule has 1 aromatic carbocycles. The molecule has 94 valence electrons. The molecule has 1 unspecified atom stereocenters. The molecule has 0 aromatic heterocycles. The summed E-state index contributed by atoms with van der Waals surface area (Å²) in [5.74, 6) is 1.16. The third-order valence-corrected chi connectivity index (χ3v) is 4.66. The Morgan fingerprint density at radius 3 is 2.71 bits per heavy atom. The van der Waals surface area contributed by atoms with Crippen LogP contribution >= 0.6 is 11.8 Å². The fourth-order valence-electron chi connectivity index (χ4n) is 2.44. The van der Waals surface area contributed by atoms with Crippen LogP contribution in [0.4, 0.5) is 0 Å². The Morgan fingerprint density at radius 1 is 1.24 bits per heavy atom. The van der Waals surface area contributed by atoms with E-state index in [0.29, 0.717) is 11.3 Å². The Balaban J connectivity index is 2.08. The van der Waals surface area contributed by atoms with Crippen molar-refractivity contribution in [2.24, 2.45) is 0 Å². The van der Waals surface area contributed by atoms with Gasteiger partial charge in [0.05, 0.1) is 0 Å². The van der Waals surface area contributed by atoms with E-state index in [1.165, 1.54) is 24.8 Å². The molecule has 2 heteroatoms. The van der Waals surface area contributed by atoms with Crippen molar-refractivity contribution >= 4 is 11.8 Å². The molecule has 0 radical (unpaired) electrons. The van der Waals surface area contributed by atoms with Crippen LogP contribution < -0.4 is 5.32 Å². The van der Waals surface area contributed by atoms with Gasteiger partial charge in [-0.3, -0.25) is 0 Å². The largest absolute Gasteiger partial charge is 0.312 e. The van der Waals surface area contributed by atoms with Crippen LogP contribution in [0.25, 0.3) is 0 Å². The molecule has 0 saturated heterocycles. The molecule has 0 aliphatic heterocycles. The van der Waals surface area contributed by atoms with Crippen LogP contribution in [0, 0.1) is 0 Å². The Hall–Kier alpha value is -0.470. The molecule has 2 rings (SSSR count). The molecular weight excluding hydrogens is 226 g/mol. The number of fused-ring (bicyclic) bond motifs is 1. The summed E-state index contributed by atoms with van der Waals surface area (Å²) in [7, 11) is 2.07. The summed E-state index contributed by atoms with van der Waals surface area (Å²) in [5.41, 5.74) is 4.61. The minimum Gasteiger partial charge on any atom is -0.312 e. The number of hydrogen-bond acceptors (Lipinski definition) is 2. The van der Waals surface area contributed by atoms with E-state index in [1.807, 2.05) is 11.8 Å². The second-order valence-corrected chi connectivity index (χ2v) is 6.71. The maximum atomic E-state index is 3.44. The molecule has 0 bridgehead atoms. The lowest BCUT2D eigenvalue weighted by molar-refractivity contribution is 0.660. The second-order valence-electron chi connectivity index (χ2n) is 5.11. The van der Waals surface area contributed by atoms with Gasteiger partial charge in [0, 0.05) is 11.8 Å². The van der Waals surface area contributed by atoms with Crippen molar-refractivity contribution in [2.75, 3.05) is 12.8 Å². The molecule has 0 amide bonds. The van der Waals surface area contributed by atoms with Gasteiger partial charge in [0.15, 0.2) is 0 Å². The van der Waals surface area contributed by atoms with E-state index >= 15 is 0 Å². The van der Waals surface area contributed by atoms with Crippen LogP contribution in [0.1, 0.15) is 43.0 Å². The van der Waals surface area contributed by atoms with Gasteiger partial charge in [0.2, 0.25) is 0 Å². The van der Waals surface area contributed by atoms with Crippen LogP contribution in [0.2, 0.25) is 0 Å². The molecule has 0 saturated carbocycles. The lowest BCUT2D eigenvalue weighted by Gasteiger charge is -2.18. The Labute approximate surface area is 109 Å². The fourth-order valence-corrected chi connectivity index (χ4v) is 3.38. The highest BCUT2D eigenvalue weighted by Gasteiger charge is 2.15. The summed E-state index contributed by atoms with van der Waals surface area (Å²) in [6, 6.07) is 7.56. The number of benzene rings is 1. The van der Waals surface area contributed by atoms with E-state index < -0.39 is 0 Å². The third-order valence-electron chi connectivity index (χ3n) is 3.47. The number of rotatable bonds is 5. The van der Waals surface area contributed by atoms with E-state index in [4.69, 9.17) is 0 Å². The standard InChI is InChI=1S/C15H23NS/c1-11(2)17-10-15(16-3)14-8-7-12-5-4-6-13(12)9-14/h7-9,11,15-16H,4-6,10H2,1-3H3. The molecule has 1 aliphatic carbocycles. The third kappa shape index (κ3) is 3.26. The smallest absolute Gasteiger partial charge is 0.0409 e. The molecule has 1 aliphatic rings. The first-order valence-corrected chi connectivity index (χ1v) is 7.66. The van der Waals surface area contributed by atoms with Crippen LogP contribution in [-0.4, -0.2) is 18.1 Å². The highest BCUT2D eigenvalue weighted by atomic mass is 32.2. The second kappa shape index (κ2) is 5.92. The number of thioether (sulfide) groups is 1. The van der Waals surface area contributed by atoms with E-state index in [0.717, 1.165) is 5.75 Å². The van der Waals surface area contributed by atoms with Crippen molar-refractivity contribution in [3.63, 3.8) is 0 Å². The van der Waals surface area contributed by atoms with Gasteiger partial charge in [0.1, 0.15) is 0 Å². The minimum absolute atomic E-state index is 0.494. The first kappa shape index (κ1) is 13.0. The number of aryl methyl sites for hydroxylation is 2. The minimum atomic E-state index is 0.494. The van der Waals surface area contributed by atoms with Crippen molar-refractivity contribution < 1.29 is 0 Å².